The highest BCUT2D eigenvalue weighted by molar-refractivity contribution is 6.30. The molecule has 4 heteroatoms. The molecule has 0 bridgehead atoms. The van der Waals surface area contributed by atoms with E-state index in [9.17, 15) is 0 Å². The Morgan fingerprint density at radius 2 is 2.31 bits per heavy atom. The molecule has 0 aliphatic heterocycles. The number of hydrogen-bond donors (Lipinski definition) is 1. The fraction of sp³-hybridized carbons (Fsp3) is 0.583. The maximum atomic E-state index is 6.13. The van der Waals surface area contributed by atoms with Gasteiger partial charge in [0, 0.05) is 19.2 Å². The molecule has 1 unspecified atom stereocenters. The molecule has 1 heterocycles. The molecule has 1 atom stereocenters. The number of nitrogens with zero attached hydrogens (tertiary/aromatic N) is 2. The van der Waals surface area contributed by atoms with E-state index in [0.29, 0.717) is 11.7 Å². The lowest BCUT2D eigenvalue weighted by molar-refractivity contribution is 0.562. The van der Waals surface area contributed by atoms with E-state index in [-0.39, 0.29) is 6.04 Å². The van der Waals surface area contributed by atoms with Crippen LogP contribution in [0.3, 0.4) is 0 Å². The van der Waals surface area contributed by atoms with Crippen molar-refractivity contribution in [2.75, 3.05) is 0 Å². The molecule has 0 spiro atoms. The van der Waals surface area contributed by atoms with Crippen molar-refractivity contribution in [3.63, 3.8) is 0 Å². The van der Waals surface area contributed by atoms with Crippen LogP contribution in [-0.4, -0.2) is 15.8 Å². The molecule has 0 fully saturated rings. The Morgan fingerprint density at radius 1 is 1.62 bits per heavy atom. The van der Waals surface area contributed by atoms with Gasteiger partial charge in [-0.05, 0) is 13.3 Å². The van der Waals surface area contributed by atoms with Gasteiger partial charge in [-0.1, -0.05) is 30.9 Å². The van der Waals surface area contributed by atoms with Gasteiger partial charge in [0.15, 0.2) is 0 Å². The van der Waals surface area contributed by atoms with E-state index in [1.165, 1.54) is 0 Å². The highest BCUT2D eigenvalue weighted by Gasteiger charge is 2.12. The second kappa shape index (κ2) is 5.93. The van der Waals surface area contributed by atoms with E-state index < -0.39 is 0 Å². The van der Waals surface area contributed by atoms with Gasteiger partial charge < -0.3 is 0 Å². The van der Waals surface area contributed by atoms with Crippen LogP contribution in [0.25, 0.3) is 0 Å². The van der Waals surface area contributed by atoms with E-state index in [1.54, 1.807) is 4.68 Å². The number of halogens is 1. The summed E-state index contributed by atoms with van der Waals surface area (Å²) in [6, 6.07) is 0.112. The summed E-state index contributed by atoms with van der Waals surface area (Å²) in [4.78, 5) is 0. The first kappa shape index (κ1) is 13.1. The second-order valence-corrected chi connectivity index (χ2v) is 4.23. The molecule has 1 aromatic heterocycles. The molecule has 1 rings (SSSR count). The summed E-state index contributed by atoms with van der Waals surface area (Å²) in [6.07, 6.45) is 7.49. The quantitative estimate of drug-likeness (QED) is 0.799. The third-order valence-corrected chi connectivity index (χ3v) is 3.05. The minimum absolute atomic E-state index is 0.112. The predicted octanol–water partition coefficient (Wildman–Crippen LogP) is 2.27. The Balaban J connectivity index is 2.64. The van der Waals surface area contributed by atoms with E-state index in [2.05, 4.69) is 23.3 Å². The monoisotopic (exact) mass is 239 g/mol. The molecule has 1 N–H and O–H groups in total. The standard InChI is InChI=1S/C12H18ClN3/c1-5-7-10(6-2)14-8-11-9(3)15-16(4)12(11)13/h2,10,14H,5,7-8H2,1,3-4H3. The van der Waals surface area contributed by atoms with Crippen LogP contribution in [0.4, 0.5) is 0 Å². The molecule has 16 heavy (non-hydrogen) atoms. The largest absolute Gasteiger partial charge is 0.299 e. The highest BCUT2D eigenvalue weighted by Crippen LogP contribution is 2.18. The normalized spacial score (nSPS) is 12.4. The molecule has 0 aliphatic rings. The third-order valence-electron chi connectivity index (χ3n) is 2.57. The molecule has 0 amide bonds. The Bertz CT molecular complexity index is 390. The smallest absolute Gasteiger partial charge is 0.131 e. The molecule has 3 nitrogen and oxygen atoms in total. The molecular formula is C12H18ClN3. The predicted molar refractivity (Wildman–Crippen MR) is 67.3 cm³/mol. The van der Waals surface area contributed by atoms with E-state index >= 15 is 0 Å². The first-order chi connectivity index (χ1) is 7.60. The summed E-state index contributed by atoms with van der Waals surface area (Å²) in [5.74, 6) is 2.74. The molecule has 0 aromatic carbocycles. The summed E-state index contributed by atoms with van der Waals surface area (Å²) in [7, 11) is 1.84. The average molecular weight is 240 g/mol. The molecule has 0 saturated carbocycles. The van der Waals surface area contributed by atoms with Gasteiger partial charge in [0.2, 0.25) is 0 Å². The number of terminal acetylenes is 1. The number of aryl methyl sites for hydroxylation is 2. The lowest BCUT2D eigenvalue weighted by Crippen LogP contribution is -2.27. The molecular weight excluding hydrogens is 222 g/mol. The molecule has 1 aromatic rings. The van der Waals surface area contributed by atoms with Crippen molar-refractivity contribution in [3.05, 3.63) is 16.4 Å². The minimum atomic E-state index is 0.112. The minimum Gasteiger partial charge on any atom is -0.299 e. The maximum Gasteiger partial charge on any atom is 0.131 e. The number of hydrogen-bond acceptors (Lipinski definition) is 2. The first-order valence-electron chi connectivity index (χ1n) is 5.47. The lowest BCUT2D eigenvalue weighted by Gasteiger charge is -2.11. The Morgan fingerprint density at radius 3 is 2.75 bits per heavy atom. The first-order valence-corrected chi connectivity index (χ1v) is 5.85. The van der Waals surface area contributed by atoms with Crippen molar-refractivity contribution >= 4 is 11.6 Å². The van der Waals surface area contributed by atoms with Crippen LogP contribution in [0, 0.1) is 19.3 Å². The van der Waals surface area contributed by atoms with Crippen LogP contribution in [-0.2, 0) is 13.6 Å². The van der Waals surface area contributed by atoms with Crippen LogP contribution < -0.4 is 5.32 Å². The zero-order valence-corrected chi connectivity index (χ0v) is 10.8. The molecule has 88 valence electrons. The Hall–Kier alpha value is -0.980. The van der Waals surface area contributed by atoms with Crippen molar-refractivity contribution < 1.29 is 0 Å². The SMILES string of the molecule is C#CC(CCC)NCc1c(C)nn(C)c1Cl. The van der Waals surface area contributed by atoms with E-state index in [4.69, 9.17) is 18.0 Å². The summed E-state index contributed by atoms with van der Waals surface area (Å²) in [5.41, 5.74) is 1.98. The molecule has 0 radical (unpaired) electrons. The summed E-state index contributed by atoms with van der Waals surface area (Å²) in [6.45, 7) is 4.75. The van der Waals surface area contributed by atoms with Crippen LogP contribution >= 0.6 is 11.6 Å². The zero-order chi connectivity index (χ0) is 12.1. The molecule has 0 saturated heterocycles. The van der Waals surface area contributed by atoms with Crippen LogP contribution in [0.1, 0.15) is 31.0 Å². The van der Waals surface area contributed by atoms with Crippen LogP contribution in [0.5, 0.6) is 0 Å². The van der Waals surface area contributed by atoms with Crippen molar-refractivity contribution in [2.45, 2.75) is 39.3 Å². The van der Waals surface area contributed by atoms with Gasteiger partial charge in [-0.15, -0.1) is 6.42 Å². The van der Waals surface area contributed by atoms with Gasteiger partial charge in [0.1, 0.15) is 5.15 Å². The van der Waals surface area contributed by atoms with Crippen molar-refractivity contribution in [1.82, 2.24) is 15.1 Å². The third kappa shape index (κ3) is 3.01. The maximum absolute atomic E-state index is 6.13. The highest BCUT2D eigenvalue weighted by atomic mass is 35.5. The molecule has 0 aliphatic carbocycles. The number of aromatic nitrogens is 2. The summed E-state index contributed by atoms with van der Waals surface area (Å²) < 4.78 is 1.68. The van der Waals surface area contributed by atoms with Gasteiger partial charge in [0.25, 0.3) is 0 Å². The number of nitrogens with one attached hydrogen (secondary N) is 1. The van der Waals surface area contributed by atoms with Crippen LogP contribution in [0.2, 0.25) is 5.15 Å². The average Bonchev–Trinajstić information content (AvgIpc) is 2.49. The zero-order valence-electron chi connectivity index (χ0n) is 10.0. The fourth-order valence-electron chi connectivity index (χ4n) is 1.63. The van der Waals surface area contributed by atoms with Crippen molar-refractivity contribution in [2.24, 2.45) is 7.05 Å². The lowest BCUT2D eigenvalue weighted by atomic mass is 10.1. The summed E-state index contributed by atoms with van der Waals surface area (Å²) >= 11 is 6.13. The van der Waals surface area contributed by atoms with Gasteiger partial charge in [-0.2, -0.15) is 5.10 Å². The van der Waals surface area contributed by atoms with Gasteiger partial charge in [-0.25, -0.2) is 0 Å². The fourth-order valence-corrected chi connectivity index (χ4v) is 1.87. The van der Waals surface area contributed by atoms with E-state index in [0.717, 1.165) is 24.1 Å². The van der Waals surface area contributed by atoms with E-state index in [1.807, 2.05) is 14.0 Å². The topological polar surface area (TPSA) is 29.9 Å². The van der Waals surface area contributed by atoms with Crippen molar-refractivity contribution in [1.29, 1.82) is 0 Å². The summed E-state index contributed by atoms with van der Waals surface area (Å²) in [5, 5.41) is 8.24. The second-order valence-electron chi connectivity index (χ2n) is 3.87. The van der Waals surface area contributed by atoms with Crippen molar-refractivity contribution in [3.8, 4) is 12.3 Å². The van der Waals surface area contributed by atoms with Crippen LogP contribution in [0.15, 0.2) is 0 Å². The Kier molecular flexibility index (Phi) is 4.85. The Labute approximate surface area is 102 Å². The number of rotatable bonds is 5. The van der Waals surface area contributed by atoms with Gasteiger partial charge in [0.05, 0.1) is 11.7 Å². The van der Waals surface area contributed by atoms with Gasteiger partial charge >= 0.3 is 0 Å². The van der Waals surface area contributed by atoms with Gasteiger partial charge in [-0.3, -0.25) is 10.00 Å².